The van der Waals surface area contributed by atoms with Gasteiger partial charge in [-0.3, -0.25) is 13.9 Å². The van der Waals surface area contributed by atoms with Crippen LogP contribution in [0.3, 0.4) is 0 Å². The number of nitrogens with one attached hydrogen (secondary N) is 1. The Morgan fingerprint density at radius 2 is 1.86 bits per heavy atom. The third-order valence-electron chi connectivity index (χ3n) is 5.49. The lowest BCUT2D eigenvalue weighted by molar-refractivity contribution is -0.136. The Balaban J connectivity index is 2.03. The SMILES string of the molecule is CCCn1c2c(c(=O)n(C)c1=O)C(c1ccc(CC)cc1)C1=C(COC1=O)N2. The van der Waals surface area contributed by atoms with E-state index in [4.69, 9.17) is 4.74 Å². The molecule has 1 unspecified atom stereocenters. The topological polar surface area (TPSA) is 82.3 Å². The molecule has 0 fully saturated rings. The third kappa shape index (κ3) is 2.61. The largest absolute Gasteiger partial charge is 0.456 e. The minimum atomic E-state index is -0.561. The van der Waals surface area contributed by atoms with Crippen LogP contribution in [-0.4, -0.2) is 21.7 Å². The summed E-state index contributed by atoms with van der Waals surface area (Å²) in [7, 11) is 1.48. The quantitative estimate of drug-likeness (QED) is 0.818. The smallest absolute Gasteiger partial charge is 0.337 e. The number of hydrogen-bond acceptors (Lipinski definition) is 5. The van der Waals surface area contributed by atoms with Gasteiger partial charge in [0.15, 0.2) is 0 Å². The summed E-state index contributed by atoms with van der Waals surface area (Å²) in [5.74, 6) is -0.515. The zero-order valence-electron chi connectivity index (χ0n) is 16.2. The molecule has 1 aromatic carbocycles. The number of benzene rings is 1. The highest BCUT2D eigenvalue weighted by molar-refractivity contribution is 5.96. The summed E-state index contributed by atoms with van der Waals surface area (Å²) in [4.78, 5) is 38.3. The lowest BCUT2D eigenvalue weighted by atomic mass is 9.82. The van der Waals surface area contributed by atoms with Crippen LogP contribution in [0.2, 0.25) is 0 Å². The predicted octanol–water partition coefficient (Wildman–Crippen LogP) is 1.89. The Morgan fingerprint density at radius 1 is 1.14 bits per heavy atom. The van der Waals surface area contributed by atoms with Crippen LogP contribution in [0.4, 0.5) is 5.82 Å². The van der Waals surface area contributed by atoms with Gasteiger partial charge in [-0.25, -0.2) is 9.59 Å². The van der Waals surface area contributed by atoms with Crippen molar-refractivity contribution in [1.29, 1.82) is 0 Å². The van der Waals surface area contributed by atoms with Crippen molar-refractivity contribution in [3.05, 3.63) is 73.1 Å². The van der Waals surface area contributed by atoms with Crippen LogP contribution < -0.4 is 16.6 Å². The van der Waals surface area contributed by atoms with E-state index in [9.17, 15) is 14.4 Å². The fourth-order valence-electron chi connectivity index (χ4n) is 4.00. The maximum atomic E-state index is 13.1. The first-order valence-corrected chi connectivity index (χ1v) is 9.57. The van der Waals surface area contributed by atoms with Gasteiger partial charge in [0.2, 0.25) is 0 Å². The Morgan fingerprint density at radius 3 is 2.50 bits per heavy atom. The third-order valence-corrected chi connectivity index (χ3v) is 5.49. The van der Waals surface area contributed by atoms with Crippen molar-refractivity contribution in [1.82, 2.24) is 9.13 Å². The van der Waals surface area contributed by atoms with Crippen LogP contribution >= 0.6 is 0 Å². The second kappa shape index (κ2) is 6.82. The number of hydrogen-bond donors (Lipinski definition) is 1. The number of fused-ring (bicyclic) bond motifs is 1. The van der Waals surface area contributed by atoms with Gasteiger partial charge in [0.05, 0.1) is 22.8 Å². The highest BCUT2D eigenvalue weighted by atomic mass is 16.5. The van der Waals surface area contributed by atoms with Crippen LogP contribution in [0.25, 0.3) is 0 Å². The zero-order valence-corrected chi connectivity index (χ0v) is 16.2. The molecule has 146 valence electrons. The number of aromatic nitrogens is 2. The zero-order chi connectivity index (χ0) is 20.0. The molecule has 0 saturated heterocycles. The monoisotopic (exact) mass is 381 g/mol. The summed E-state index contributed by atoms with van der Waals surface area (Å²) in [5, 5.41) is 3.16. The maximum absolute atomic E-state index is 13.1. The number of carbonyl (C=O) groups excluding carboxylic acids is 1. The summed E-state index contributed by atoms with van der Waals surface area (Å²) in [5.41, 5.74) is 2.74. The highest BCUT2D eigenvalue weighted by Gasteiger charge is 2.41. The lowest BCUT2D eigenvalue weighted by Crippen LogP contribution is -2.44. The van der Waals surface area contributed by atoms with E-state index in [0.29, 0.717) is 29.2 Å². The van der Waals surface area contributed by atoms with Crippen molar-refractivity contribution in [2.75, 3.05) is 11.9 Å². The Kier molecular flexibility index (Phi) is 4.45. The van der Waals surface area contributed by atoms with Gasteiger partial charge in [0, 0.05) is 13.6 Å². The molecule has 0 spiro atoms. The van der Waals surface area contributed by atoms with Gasteiger partial charge in [-0.15, -0.1) is 0 Å². The van der Waals surface area contributed by atoms with E-state index in [2.05, 4.69) is 12.2 Å². The van der Waals surface area contributed by atoms with Crippen molar-refractivity contribution in [3.63, 3.8) is 0 Å². The Bertz CT molecular complexity index is 1110. The van der Waals surface area contributed by atoms with Crippen molar-refractivity contribution in [2.45, 2.75) is 39.2 Å². The maximum Gasteiger partial charge on any atom is 0.337 e. The summed E-state index contributed by atoms with van der Waals surface area (Å²) in [6.45, 7) is 4.64. The van der Waals surface area contributed by atoms with Gasteiger partial charge < -0.3 is 10.1 Å². The van der Waals surface area contributed by atoms with E-state index in [1.165, 1.54) is 12.6 Å². The van der Waals surface area contributed by atoms with Crippen LogP contribution in [0, 0.1) is 0 Å². The van der Waals surface area contributed by atoms with E-state index < -0.39 is 17.4 Å². The number of anilines is 1. The van der Waals surface area contributed by atoms with E-state index in [1.54, 1.807) is 4.57 Å². The second-order valence-electron chi connectivity index (χ2n) is 7.18. The number of cyclic esters (lactones) is 1. The number of rotatable bonds is 4. The number of nitrogens with zero attached hydrogens (tertiary/aromatic N) is 2. The first-order valence-electron chi connectivity index (χ1n) is 9.57. The summed E-state index contributed by atoms with van der Waals surface area (Å²) in [6, 6.07) is 7.90. The van der Waals surface area contributed by atoms with Gasteiger partial charge in [-0.05, 0) is 24.0 Å². The molecule has 0 aliphatic carbocycles. The molecule has 2 aliphatic heterocycles. The van der Waals surface area contributed by atoms with Crippen LogP contribution in [-0.2, 0) is 29.5 Å². The molecule has 0 radical (unpaired) electrons. The van der Waals surface area contributed by atoms with Crippen molar-refractivity contribution in [3.8, 4) is 0 Å². The Labute approximate surface area is 162 Å². The van der Waals surface area contributed by atoms with Gasteiger partial charge in [0.25, 0.3) is 5.56 Å². The predicted molar refractivity (Wildman–Crippen MR) is 106 cm³/mol. The molecule has 0 saturated carbocycles. The molecular weight excluding hydrogens is 358 g/mol. The normalized spacial score (nSPS) is 17.8. The van der Waals surface area contributed by atoms with E-state index in [-0.39, 0.29) is 12.3 Å². The number of carbonyl (C=O) groups is 1. The molecule has 4 rings (SSSR count). The molecule has 1 atom stereocenters. The molecule has 0 amide bonds. The molecule has 2 aromatic rings. The minimum Gasteiger partial charge on any atom is -0.456 e. The highest BCUT2D eigenvalue weighted by Crippen LogP contribution is 2.42. The molecule has 2 aliphatic rings. The first kappa shape index (κ1) is 18.3. The summed E-state index contributed by atoms with van der Waals surface area (Å²) < 4.78 is 7.96. The minimum absolute atomic E-state index is 0.118. The van der Waals surface area contributed by atoms with Gasteiger partial charge >= 0.3 is 11.7 Å². The lowest BCUT2D eigenvalue weighted by Gasteiger charge is -2.29. The van der Waals surface area contributed by atoms with Gasteiger partial charge in [0.1, 0.15) is 12.4 Å². The van der Waals surface area contributed by atoms with Crippen LogP contribution in [0.15, 0.2) is 45.1 Å². The number of ether oxygens (including phenoxy) is 1. The van der Waals surface area contributed by atoms with Crippen LogP contribution in [0.1, 0.15) is 42.9 Å². The fraction of sp³-hybridized carbons (Fsp3) is 0.381. The van der Waals surface area contributed by atoms with Gasteiger partial charge in [-0.2, -0.15) is 0 Å². The molecule has 1 aromatic heterocycles. The molecule has 3 heterocycles. The fourth-order valence-corrected chi connectivity index (χ4v) is 4.00. The van der Waals surface area contributed by atoms with Crippen molar-refractivity contribution < 1.29 is 9.53 Å². The molecular formula is C21H23N3O4. The standard InChI is InChI=1S/C21H23N3O4/c1-4-10-24-18-17(19(25)23(3)21(24)27)15(13-8-6-12(5-2)7-9-13)16-14(22-18)11-28-20(16)26/h6-9,15,22H,4-5,10-11H2,1-3H3. The number of aryl methyl sites for hydroxylation is 1. The molecule has 7 heteroatoms. The average Bonchev–Trinajstić information content (AvgIpc) is 3.09. The van der Waals surface area contributed by atoms with Crippen molar-refractivity contribution in [2.24, 2.45) is 7.05 Å². The average molecular weight is 381 g/mol. The van der Waals surface area contributed by atoms with Crippen LogP contribution in [0.5, 0.6) is 0 Å². The summed E-state index contributed by atoms with van der Waals surface area (Å²) in [6.07, 6.45) is 1.64. The molecule has 0 bridgehead atoms. The van der Waals surface area contributed by atoms with E-state index in [0.717, 1.165) is 23.0 Å². The molecule has 1 N–H and O–H groups in total. The Hall–Kier alpha value is -3.09. The van der Waals surface area contributed by atoms with Crippen molar-refractivity contribution >= 4 is 11.8 Å². The first-order chi connectivity index (χ1) is 13.5. The van der Waals surface area contributed by atoms with Gasteiger partial charge in [-0.1, -0.05) is 38.1 Å². The van der Waals surface area contributed by atoms with E-state index >= 15 is 0 Å². The second-order valence-corrected chi connectivity index (χ2v) is 7.18. The number of esters is 1. The summed E-state index contributed by atoms with van der Waals surface area (Å²) >= 11 is 0. The molecule has 7 nitrogen and oxygen atoms in total. The van der Waals surface area contributed by atoms with E-state index in [1.807, 2.05) is 31.2 Å². The molecule has 28 heavy (non-hydrogen) atoms.